The summed E-state index contributed by atoms with van der Waals surface area (Å²) in [5.41, 5.74) is 3.22. The van der Waals surface area contributed by atoms with E-state index in [2.05, 4.69) is 5.43 Å². The van der Waals surface area contributed by atoms with Gasteiger partial charge in [-0.25, -0.2) is 0 Å². The molecule has 1 saturated heterocycles. The molecule has 0 bridgehead atoms. The maximum absolute atomic E-state index is 12.1. The second-order valence-corrected chi connectivity index (χ2v) is 5.64. The van der Waals surface area contributed by atoms with Crippen molar-refractivity contribution in [1.29, 1.82) is 0 Å². The highest BCUT2D eigenvalue weighted by Gasteiger charge is 2.32. The number of thioether (sulfide) groups is 1. The highest BCUT2D eigenvalue weighted by Crippen LogP contribution is 2.31. The van der Waals surface area contributed by atoms with Crippen LogP contribution in [0.3, 0.4) is 0 Å². The fourth-order valence-corrected chi connectivity index (χ4v) is 2.78. The lowest BCUT2D eigenvalue weighted by Gasteiger charge is -2.13. The fraction of sp³-hybridized carbons (Fsp3) is 0.154. The van der Waals surface area contributed by atoms with Crippen molar-refractivity contribution in [3.05, 3.63) is 34.7 Å². The number of amides is 2. The standard InChI is InChI=1S/C13H12N2O3S2/c1-8(16)14-15-12(17)11(20-13(15)19)7-9-4-3-5-10(6-9)18-2/h3-7H,1-2H3,(H,14,16)/b11-7-. The van der Waals surface area contributed by atoms with Crippen LogP contribution < -0.4 is 10.2 Å². The molecule has 0 aliphatic carbocycles. The van der Waals surface area contributed by atoms with Gasteiger partial charge in [-0.2, -0.15) is 5.01 Å². The molecule has 1 N–H and O–H groups in total. The van der Waals surface area contributed by atoms with Crippen LogP contribution in [0.1, 0.15) is 12.5 Å². The van der Waals surface area contributed by atoms with Crippen molar-refractivity contribution in [2.45, 2.75) is 6.92 Å². The third-order valence-electron chi connectivity index (χ3n) is 2.45. The normalized spacial score (nSPS) is 16.7. The largest absolute Gasteiger partial charge is 0.497 e. The first kappa shape index (κ1) is 14.5. The molecule has 0 atom stereocenters. The summed E-state index contributed by atoms with van der Waals surface area (Å²) in [5, 5.41) is 1.08. The number of carbonyl (C=O) groups is 2. The number of nitrogens with one attached hydrogen (secondary N) is 1. The van der Waals surface area contributed by atoms with E-state index in [1.807, 2.05) is 24.3 Å². The van der Waals surface area contributed by atoms with Crippen LogP contribution in [0.15, 0.2) is 29.2 Å². The van der Waals surface area contributed by atoms with Crippen molar-refractivity contribution < 1.29 is 14.3 Å². The Balaban J connectivity index is 2.25. The zero-order valence-electron chi connectivity index (χ0n) is 10.9. The van der Waals surface area contributed by atoms with Gasteiger partial charge in [-0.05, 0) is 36.0 Å². The van der Waals surface area contributed by atoms with Crippen LogP contribution in [0.4, 0.5) is 0 Å². The molecule has 0 unspecified atom stereocenters. The number of hydrazine groups is 1. The SMILES string of the molecule is COc1cccc(/C=C2\SC(=S)N(NC(C)=O)C2=O)c1. The molecule has 0 saturated carbocycles. The van der Waals surface area contributed by atoms with E-state index in [0.717, 1.165) is 22.3 Å². The first-order valence-corrected chi connectivity index (χ1v) is 6.93. The maximum atomic E-state index is 12.1. The minimum absolute atomic E-state index is 0.305. The van der Waals surface area contributed by atoms with Gasteiger partial charge >= 0.3 is 0 Å². The Bertz CT molecular complexity index is 613. The van der Waals surface area contributed by atoms with E-state index in [1.165, 1.54) is 6.92 Å². The lowest BCUT2D eigenvalue weighted by atomic mass is 10.2. The van der Waals surface area contributed by atoms with Crippen LogP contribution in [0.2, 0.25) is 0 Å². The third-order valence-corrected chi connectivity index (χ3v) is 3.76. The molecule has 1 aromatic carbocycles. The molecule has 0 radical (unpaired) electrons. The fourth-order valence-electron chi connectivity index (χ4n) is 1.60. The smallest absolute Gasteiger partial charge is 0.285 e. The van der Waals surface area contributed by atoms with Crippen molar-refractivity contribution in [1.82, 2.24) is 10.4 Å². The summed E-state index contributed by atoms with van der Waals surface area (Å²) in [6, 6.07) is 7.32. The van der Waals surface area contributed by atoms with E-state index in [9.17, 15) is 9.59 Å². The van der Waals surface area contributed by atoms with Gasteiger partial charge in [0.05, 0.1) is 12.0 Å². The molecule has 1 aromatic rings. The van der Waals surface area contributed by atoms with Crippen molar-refractivity contribution in [3.63, 3.8) is 0 Å². The van der Waals surface area contributed by atoms with E-state index < -0.39 is 0 Å². The lowest BCUT2D eigenvalue weighted by Crippen LogP contribution is -2.43. The number of methoxy groups -OCH3 is 1. The minimum Gasteiger partial charge on any atom is -0.497 e. The number of thiocarbonyl (C=S) groups is 1. The summed E-state index contributed by atoms with van der Waals surface area (Å²) in [6.07, 6.45) is 1.71. The first-order valence-electron chi connectivity index (χ1n) is 5.70. The number of benzene rings is 1. The summed E-state index contributed by atoms with van der Waals surface area (Å²) < 4.78 is 5.43. The highest BCUT2D eigenvalue weighted by atomic mass is 32.2. The zero-order valence-corrected chi connectivity index (χ0v) is 12.5. The molecule has 2 amide bonds. The molecule has 2 rings (SSSR count). The lowest BCUT2D eigenvalue weighted by molar-refractivity contribution is -0.131. The van der Waals surface area contributed by atoms with Crippen molar-refractivity contribution in [2.75, 3.05) is 7.11 Å². The molecule has 5 nitrogen and oxygen atoms in total. The van der Waals surface area contributed by atoms with Crippen LogP contribution in [0.25, 0.3) is 6.08 Å². The summed E-state index contributed by atoms with van der Waals surface area (Å²) in [7, 11) is 1.58. The molecule has 0 aromatic heterocycles. The quantitative estimate of drug-likeness (QED) is 0.683. The zero-order chi connectivity index (χ0) is 14.7. The Morgan fingerprint density at radius 3 is 2.90 bits per heavy atom. The van der Waals surface area contributed by atoms with Gasteiger partial charge < -0.3 is 4.74 Å². The van der Waals surface area contributed by atoms with Gasteiger partial charge in [0.25, 0.3) is 5.91 Å². The van der Waals surface area contributed by atoms with Gasteiger partial charge in [-0.1, -0.05) is 23.9 Å². The van der Waals surface area contributed by atoms with E-state index in [1.54, 1.807) is 13.2 Å². The summed E-state index contributed by atoms with van der Waals surface area (Å²) in [5.74, 6) is 0.0260. The first-order chi connectivity index (χ1) is 9.51. The molecule has 20 heavy (non-hydrogen) atoms. The monoisotopic (exact) mass is 308 g/mol. The Morgan fingerprint density at radius 2 is 2.25 bits per heavy atom. The van der Waals surface area contributed by atoms with Crippen LogP contribution in [0.5, 0.6) is 5.75 Å². The number of hydrogen-bond acceptors (Lipinski definition) is 5. The van der Waals surface area contributed by atoms with Gasteiger partial charge in [0.1, 0.15) is 5.75 Å². The predicted molar refractivity (Wildman–Crippen MR) is 81.8 cm³/mol. The number of ether oxygens (including phenoxy) is 1. The molecule has 1 aliphatic rings. The summed E-state index contributed by atoms with van der Waals surface area (Å²) >= 11 is 6.21. The molecule has 1 heterocycles. The highest BCUT2D eigenvalue weighted by molar-refractivity contribution is 8.26. The summed E-state index contributed by atoms with van der Waals surface area (Å²) in [4.78, 5) is 23.6. The van der Waals surface area contributed by atoms with Crippen molar-refractivity contribution in [3.8, 4) is 5.75 Å². The van der Waals surface area contributed by atoms with Crippen LogP contribution >= 0.6 is 24.0 Å². The number of rotatable bonds is 3. The van der Waals surface area contributed by atoms with Gasteiger partial charge in [-0.3, -0.25) is 15.0 Å². The predicted octanol–water partition coefficient (Wildman–Crippen LogP) is 1.95. The van der Waals surface area contributed by atoms with Gasteiger partial charge in [0.15, 0.2) is 4.32 Å². The average molecular weight is 308 g/mol. The molecule has 1 aliphatic heterocycles. The number of carbonyl (C=O) groups excluding carboxylic acids is 2. The Hall–Kier alpha value is -1.86. The van der Waals surface area contributed by atoms with E-state index in [4.69, 9.17) is 17.0 Å². The van der Waals surface area contributed by atoms with Crippen molar-refractivity contribution >= 4 is 46.2 Å². The molecular formula is C13H12N2O3S2. The Morgan fingerprint density at radius 1 is 1.50 bits per heavy atom. The summed E-state index contributed by atoms with van der Waals surface area (Å²) in [6.45, 7) is 1.32. The topological polar surface area (TPSA) is 58.6 Å². The molecular weight excluding hydrogens is 296 g/mol. The second-order valence-electron chi connectivity index (χ2n) is 3.96. The molecule has 104 valence electrons. The second kappa shape index (κ2) is 6.06. The molecule has 7 heteroatoms. The Kier molecular flexibility index (Phi) is 4.41. The number of nitrogens with zero attached hydrogens (tertiary/aromatic N) is 1. The van der Waals surface area contributed by atoms with Crippen LogP contribution in [0, 0.1) is 0 Å². The Labute approximate surface area is 125 Å². The van der Waals surface area contributed by atoms with E-state index >= 15 is 0 Å². The minimum atomic E-state index is -0.344. The van der Waals surface area contributed by atoms with Crippen molar-refractivity contribution in [2.24, 2.45) is 0 Å². The van der Waals surface area contributed by atoms with Crippen LogP contribution in [-0.2, 0) is 9.59 Å². The van der Waals surface area contributed by atoms with Gasteiger partial charge in [0.2, 0.25) is 5.91 Å². The molecule has 1 fully saturated rings. The third kappa shape index (κ3) is 3.17. The van der Waals surface area contributed by atoms with E-state index in [0.29, 0.717) is 15.0 Å². The number of hydrogen-bond donors (Lipinski definition) is 1. The van der Waals surface area contributed by atoms with E-state index in [-0.39, 0.29) is 11.8 Å². The van der Waals surface area contributed by atoms with Gasteiger partial charge in [0, 0.05) is 6.92 Å². The van der Waals surface area contributed by atoms with Crippen LogP contribution in [-0.4, -0.2) is 28.3 Å². The maximum Gasteiger partial charge on any atom is 0.285 e. The average Bonchev–Trinajstić information content (AvgIpc) is 2.66. The van der Waals surface area contributed by atoms with Gasteiger partial charge in [-0.15, -0.1) is 0 Å². The molecule has 0 spiro atoms.